The molecule has 1 aromatic rings. The van der Waals surface area contributed by atoms with E-state index in [2.05, 4.69) is 39.0 Å². The molecule has 4 fully saturated rings. The Morgan fingerprint density at radius 1 is 0.882 bits per heavy atom. The molecule has 0 aromatic heterocycles. The standard InChI is InChI=1S/C30H45N3O/c1-34-27-10-16-32(17-11-27)26-6-7-29(33-20-18-31(19-21-33)23-24-4-5-24)28(22-26)25-8-14-30(15-9-25)12-2-3-13-30/h6-8,22,24,27H,2-5,9-21,23H2,1H3. The highest BCUT2D eigenvalue weighted by atomic mass is 16.5. The van der Waals surface area contributed by atoms with E-state index in [-0.39, 0.29) is 0 Å². The molecule has 1 aromatic carbocycles. The van der Waals surface area contributed by atoms with Crippen LogP contribution in [0, 0.1) is 11.3 Å². The number of methoxy groups -OCH3 is 1. The number of hydrogen-bond acceptors (Lipinski definition) is 4. The first kappa shape index (κ1) is 22.9. The summed E-state index contributed by atoms with van der Waals surface area (Å²) in [6, 6.07) is 7.42. The molecule has 0 N–H and O–H groups in total. The molecule has 2 heterocycles. The zero-order valence-electron chi connectivity index (χ0n) is 21.4. The van der Waals surface area contributed by atoms with Gasteiger partial charge in [0.1, 0.15) is 0 Å². The van der Waals surface area contributed by atoms with Crippen LogP contribution >= 0.6 is 0 Å². The topological polar surface area (TPSA) is 19.0 Å². The lowest BCUT2D eigenvalue weighted by Gasteiger charge is -2.39. The summed E-state index contributed by atoms with van der Waals surface area (Å²) >= 11 is 0. The summed E-state index contributed by atoms with van der Waals surface area (Å²) in [7, 11) is 1.87. The Bertz CT molecular complexity index is 869. The van der Waals surface area contributed by atoms with Gasteiger partial charge in [0.2, 0.25) is 0 Å². The summed E-state index contributed by atoms with van der Waals surface area (Å²) in [4.78, 5) is 8.00. The van der Waals surface area contributed by atoms with Gasteiger partial charge in [0.25, 0.3) is 0 Å². The van der Waals surface area contributed by atoms with E-state index in [9.17, 15) is 0 Å². The lowest BCUT2D eigenvalue weighted by Crippen LogP contribution is -2.47. The summed E-state index contributed by atoms with van der Waals surface area (Å²) in [5, 5.41) is 0. The first-order chi connectivity index (χ1) is 16.7. The van der Waals surface area contributed by atoms with Crippen LogP contribution in [-0.2, 0) is 4.74 Å². The molecule has 4 nitrogen and oxygen atoms in total. The van der Waals surface area contributed by atoms with Crippen LogP contribution in [0.3, 0.4) is 0 Å². The zero-order chi connectivity index (χ0) is 23.0. The molecule has 2 aliphatic heterocycles. The van der Waals surface area contributed by atoms with E-state index in [0.29, 0.717) is 11.5 Å². The number of allylic oxidation sites excluding steroid dienone is 2. The number of nitrogens with zero attached hydrogens (tertiary/aromatic N) is 3. The van der Waals surface area contributed by atoms with E-state index in [0.717, 1.165) is 31.8 Å². The van der Waals surface area contributed by atoms with Crippen LogP contribution in [0.2, 0.25) is 0 Å². The van der Waals surface area contributed by atoms with Gasteiger partial charge < -0.3 is 14.5 Å². The molecule has 4 heteroatoms. The van der Waals surface area contributed by atoms with E-state index in [1.807, 2.05) is 7.11 Å². The van der Waals surface area contributed by atoms with Crippen molar-refractivity contribution in [3.05, 3.63) is 29.8 Å². The second kappa shape index (κ2) is 9.85. The third kappa shape index (κ3) is 4.91. The summed E-state index contributed by atoms with van der Waals surface area (Å²) in [5.74, 6) is 0.999. The fourth-order valence-electron chi connectivity index (χ4n) is 7.21. The maximum absolute atomic E-state index is 5.63. The Morgan fingerprint density at radius 2 is 1.65 bits per heavy atom. The summed E-state index contributed by atoms with van der Waals surface area (Å²) < 4.78 is 5.63. The highest BCUT2D eigenvalue weighted by Crippen LogP contribution is 2.50. The normalized spacial score (nSPS) is 26.3. The molecule has 34 heavy (non-hydrogen) atoms. The van der Waals surface area contributed by atoms with Gasteiger partial charge >= 0.3 is 0 Å². The Balaban J connectivity index is 1.23. The zero-order valence-corrected chi connectivity index (χ0v) is 21.4. The predicted octanol–water partition coefficient (Wildman–Crippen LogP) is 5.96. The van der Waals surface area contributed by atoms with Crippen LogP contribution in [0.5, 0.6) is 0 Å². The molecule has 0 unspecified atom stereocenters. The number of piperidine rings is 1. The van der Waals surface area contributed by atoms with Crippen molar-refractivity contribution in [1.82, 2.24) is 4.90 Å². The minimum atomic E-state index is 0.436. The molecule has 2 saturated carbocycles. The molecule has 1 spiro atoms. The third-order valence-corrected chi connectivity index (χ3v) is 9.76. The Morgan fingerprint density at radius 3 is 2.29 bits per heavy atom. The van der Waals surface area contributed by atoms with Gasteiger partial charge in [-0.2, -0.15) is 0 Å². The molecule has 0 atom stereocenters. The van der Waals surface area contributed by atoms with Gasteiger partial charge in [0.15, 0.2) is 0 Å². The van der Waals surface area contributed by atoms with E-state index < -0.39 is 0 Å². The van der Waals surface area contributed by atoms with Crippen molar-refractivity contribution in [1.29, 1.82) is 0 Å². The molecule has 0 radical (unpaired) electrons. The van der Waals surface area contributed by atoms with Crippen LogP contribution in [0.15, 0.2) is 24.3 Å². The molecule has 0 bridgehead atoms. The lowest BCUT2D eigenvalue weighted by atomic mass is 9.72. The SMILES string of the molecule is COC1CCN(c2ccc(N3CCN(CC4CC4)CC3)c(C3=CCC4(CCCC4)CC3)c2)CC1. The summed E-state index contributed by atoms with van der Waals surface area (Å²) in [6.45, 7) is 8.36. The van der Waals surface area contributed by atoms with Gasteiger partial charge in [0, 0.05) is 69.9 Å². The van der Waals surface area contributed by atoms with E-state index in [1.165, 1.54) is 107 Å². The number of ether oxygens (including phenoxy) is 1. The van der Waals surface area contributed by atoms with Gasteiger partial charge in [-0.3, -0.25) is 4.90 Å². The number of benzene rings is 1. The maximum atomic E-state index is 5.63. The van der Waals surface area contributed by atoms with Crippen molar-refractivity contribution >= 4 is 16.9 Å². The highest BCUT2D eigenvalue weighted by Gasteiger charge is 2.35. The quantitative estimate of drug-likeness (QED) is 0.518. The van der Waals surface area contributed by atoms with Gasteiger partial charge in [-0.1, -0.05) is 18.9 Å². The maximum Gasteiger partial charge on any atom is 0.0605 e. The van der Waals surface area contributed by atoms with Crippen LogP contribution in [-0.4, -0.2) is 63.9 Å². The van der Waals surface area contributed by atoms with Gasteiger partial charge in [0.05, 0.1) is 6.10 Å². The first-order valence-corrected chi connectivity index (χ1v) is 14.3. The Kier molecular flexibility index (Phi) is 6.64. The summed E-state index contributed by atoms with van der Waals surface area (Å²) in [5.41, 5.74) is 6.71. The van der Waals surface area contributed by atoms with Crippen molar-refractivity contribution < 1.29 is 4.74 Å². The molecule has 5 aliphatic rings. The van der Waals surface area contributed by atoms with Crippen molar-refractivity contribution in [3.8, 4) is 0 Å². The number of rotatable bonds is 6. The van der Waals surface area contributed by atoms with Gasteiger partial charge in [-0.05, 0) is 92.9 Å². The average Bonchev–Trinajstić information content (AvgIpc) is 3.60. The minimum absolute atomic E-state index is 0.436. The average molecular weight is 464 g/mol. The Labute approximate surface area is 207 Å². The van der Waals surface area contributed by atoms with Crippen molar-refractivity contribution in [2.45, 2.75) is 76.7 Å². The van der Waals surface area contributed by atoms with Crippen LogP contribution < -0.4 is 9.80 Å². The van der Waals surface area contributed by atoms with Crippen molar-refractivity contribution in [2.24, 2.45) is 11.3 Å². The minimum Gasteiger partial charge on any atom is -0.381 e. The Hall–Kier alpha value is -1.52. The number of hydrogen-bond donors (Lipinski definition) is 0. The van der Waals surface area contributed by atoms with Crippen LogP contribution in [0.4, 0.5) is 11.4 Å². The van der Waals surface area contributed by atoms with Crippen LogP contribution in [0.1, 0.15) is 76.2 Å². The molecule has 2 saturated heterocycles. The molecular formula is C30H45N3O. The summed E-state index contributed by atoms with van der Waals surface area (Å²) in [6.07, 6.45) is 18.1. The largest absolute Gasteiger partial charge is 0.381 e. The molecular weight excluding hydrogens is 418 g/mol. The molecule has 3 aliphatic carbocycles. The van der Waals surface area contributed by atoms with Crippen molar-refractivity contribution in [2.75, 3.05) is 62.7 Å². The second-order valence-corrected chi connectivity index (χ2v) is 12.0. The van der Waals surface area contributed by atoms with E-state index in [1.54, 1.807) is 5.57 Å². The molecule has 186 valence electrons. The van der Waals surface area contributed by atoms with Gasteiger partial charge in [-0.25, -0.2) is 0 Å². The molecule has 6 rings (SSSR count). The van der Waals surface area contributed by atoms with E-state index >= 15 is 0 Å². The predicted molar refractivity (Wildman–Crippen MR) is 143 cm³/mol. The van der Waals surface area contributed by atoms with E-state index in [4.69, 9.17) is 4.74 Å². The second-order valence-electron chi connectivity index (χ2n) is 12.0. The monoisotopic (exact) mass is 463 g/mol. The van der Waals surface area contributed by atoms with Gasteiger partial charge in [-0.15, -0.1) is 0 Å². The number of anilines is 2. The van der Waals surface area contributed by atoms with Crippen LogP contribution in [0.25, 0.3) is 5.57 Å². The fourth-order valence-corrected chi connectivity index (χ4v) is 7.21. The number of piperazine rings is 1. The smallest absolute Gasteiger partial charge is 0.0605 e. The highest BCUT2D eigenvalue weighted by molar-refractivity contribution is 5.80. The van der Waals surface area contributed by atoms with Crippen molar-refractivity contribution in [3.63, 3.8) is 0 Å². The molecule has 0 amide bonds. The first-order valence-electron chi connectivity index (χ1n) is 14.3. The third-order valence-electron chi connectivity index (χ3n) is 9.76. The fraction of sp³-hybridized carbons (Fsp3) is 0.733. The lowest BCUT2D eigenvalue weighted by molar-refractivity contribution is 0.0819.